The van der Waals surface area contributed by atoms with Crippen LogP contribution in [0.5, 0.6) is 0 Å². The molecule has 0 amide bonds. The lowest BCUT2D eigenvalue weighted by atomic mass is 10.1. The van der Waals surface area contributed by atoms with Crippen molar-refractivity contribution in [3.05, 3.63) is 51.8 Å². The molecule has 0 saturated carbocycles. The lowest BCUT2D eigenvalue weighted by Gasteiger charge is -2.03. The second-order valence-electron chi connectivity index (χ2n) is 3.51. The average Bonchev–Trinajstić information content (AvgIpc) is 2.23. The number of nitrogens with zero attached hydrogens (tertiary/aromatic N) is 1. The van der Waals surface area contributed by atoms with E-state index in [1.54, 1.807) is 6.92 Å². The minimum Gasteiger partial charge on any atom is -0.310 e. The van der Waals surface area contributed by atoms with Crippen LogP contribution in [0.1, 0.15) is 5.69 Å². The Bertz CT molecular complexity index is 614. The Morgan fingerprint density at radius 1 is 1.12 bits per heavy atom. The first-order valence-electron chi connectivity index (χ1n) is 4.70. The van der Waals surface area contributed by atoms with Gasteiger partial charge in [-0.05, 0) is 25.1 Å². The lowest BCUT2D eigenvalue weighted by Crippen LogP contribution is -2.12. The summed E-state index contributed by atoms with van der Waals surface area (Å²) in [7, 11) is 0. The van der Waals surface area contributed by atoms with E-state index < -0.39 is 23.1 Å². The van der Waals surface area contributed by atoms with Crippen LogP contribution in [0.2, 0.25) is 0 Å². The molecule has 2 rings (SSSR count). The molecule has 0 radical (unpaired) electrons. The van der Waals surface area contributed by atoms with Gasteiger partial charge in [-0.3, -0.25) is 0 Å². The van der Waals surface area contributed by atoms with Crippen molar-refractivity contribution in [1.82, 2.24) is 9.97 Å². The third-order valence-corrected chi connectivity index (χ3v) is 2.16. The summed E-state index contributed by atoms with van der Waals surface area (Å²) < 4.78 is 38.7. The molecule has 1 aromatic heterocycles. The van der Waals surface area contributed by atoms with Crippen LogP contribution >= 0.6 is 0 Å². The number of H-pyrrole nitrogens is 1. The second kappa shape index (κ2) is 4.04. The van der Waals surface area contributed by atoms with E-state index in [-0.39, 0.29) is 11.3 Å². The van der Waals surface area contributed by atoms with E-state index in [1.807, 2.05) is 0 Å². The van der Waals surface area contributed by atoms with Gasteiger partial charge in [-0.15, -0.1) is 0 Å². The van der Waals surface area contributed by atoms with Crippen molar-refractivity contribution in [3.8, 4) is 11.3 Å². The SMILES string of the molecule is Cc1cc(-c2cc(F)c(F)c(F)c2)nc(=O)[nH]1. The summed E-state index contributed by atoms with van der Waals surface area (Å²) in [4.78, 5) is 17.0. The van der Waals surface area contributed by atoms with E-state index in [0.29, 0.717) is 5.69 Å². The maximum Gasteiger partial charge on any atom is 0.345 e. The summed E-state index contributed by atoms with van der Waals surface area (Å²) in [6, 6.07) is 3.02. The van der Waals surface area contributed by atoms with E-state index in [1.165, 1.54) is 6.07 Å². The average molecular weight is 240 g/mol. The molecule has 1 heterocycles. The number of hydrogen-bond acceptors (Lipinski definition) is 2. The number of hydrogen-bond donors (Lipinski definition) is 1. The summed E-state index contributed by atoms with van der Waals surface area (Å²) >= 11 is 0. The molecule has 0 aliphatic rings. The van der Waals surface area contributed by atoms with Crippen LogP contribution in [0.4, 0.5) is 13.2 Å². The van der Waals surface area contributed by atoms with Gasteiger partial charge in [0, 0.05) is 11.3 Å². The van der Waals surface area contributed by atoms with Crippen LogP contribution in [0.15, 0.2) is 23.0 Å². The van der Waals surface area contributed by atoms with Gasteiger partial charge in [0.2, 0.25) is 0 Å². The third-order valence-electron chi connectivity index (χ3n) is 2.16. The summed E-state index contributed by atoms with van der Waals surface area (Å²) in [5, 5.41) is 0. The Morgan fingerprint density at radius 2 is 1.71 bits per heavy atom. The Hall–Kier alpha value is -2.11. The molecule has 88 valence electrons. The largest absolute Gasteiger partial charge is 0.345 e. The van der Waals surface area contributed by atoms with Crippen molar-refractivity contribution in [2.24, 2.45) is 0 Å². The molecule has 0 atom stereocenters. The van der Waals surface area contributed by atoms with E-state index in [0.717, 1.165) is 12.1 Å². The van der Waals surface area contributed by atoms with Crippen LogP contribution in [-0.2, 0) is 0 Å². The first-order valence-corrected chi connectivity index (χ1v) is 4.70. The number of aromatic amines is 1. The Balaban J connectivity index is 2.64. The molecule has 0 saturated heterocycles. The smallest absolute Gasteiger partial charge is 0.310 e. The topological polar surface area (TPSA) is 45.8 Å². The summed E-state index contributed by atoms with van der Waals surface area (Å²) in [6.07, 6.45) is 0. The molecule has 0 fully saturated rings. The normalized spacial score (nSPS) is 10.6. The standard InChI is InChI=1S/C11H7F3N2O/c1-5-2-9(16-11(17)15-5)6-3-7(12)10(14)8(13)4-6/h2-4H,1H3,(H,15,16,17). The Kier molecular flexibility index (Phi) is 2.71. The van der Waals surface area contributed by atoms with Crippen molar-refractivity contribution < 1.29 is 13.2 Å². The summed E-state index contributed by atoms with van der Waals surface area (Å²) in [6.45, 7) is 1.60. The highest BCUT2D eigenvalue weighted by Crippen LogP contribution is 2.21. The lowest BCUT2D eigenvalue weighted by molar-refractivity contribution is 0.447. The summed E-state index contributed by atoms with van der Waals surface area (Å²) in [5.41, 5.74) is -0.0464. The molecule has 0 bridgehead atoms. The summed E-state index contributed by atoms with van der Waals surface area (Å²) in [5.74, 6) is -4.19. The van der Waals surface area contributed by atoms with Gasteiger partial charge in [-0.25, -0.2) is 18.0 Å². The molecule has 0 aliphatic heterocycles. The number of benzene rings is 1. The van der Waals surface area contributed by atoms with E-state index in [9.17, 15) is 18.0 Å². The Labute approximate surface area is 94.0 Å². The monoisotopic (exact) mass is 240 g/mol. The van der Waals surface area contributed by atoms with Gasteiger partial charge < -0.3 is 4.98 Å². The van der Waals surface area contributed by atoms with Gasteiger partial charge in [0.25, 0.3) is 0 Å². The quantitative estimate of drug-likeness (QED) is 0.776. The van der Waals surface area contributed by atoms with Crippen molar-refractivity contribution >= 4 is 0 Å². The van der Waals surface area contributed by atoms with Crippen molar-refractivity contribution in [2.75, 3.05) is 0 Å². The zero-order chi connectivity index (χ0) is 12.6. The van der Waals surface area contributed by atoms with Crippen LogP contribution in [0.3, 0.4) is 0 Å². The van der Waals surface area contributed by atoms with E-state index in [2.05, 4.69) is 9.97 Å². The first kappa shape index (κ1) is 11.4. The number of aryl methyl sites for hydroxylation is 1. The van der Waals surface area contributed by atoms with Crippen LogP contribution in [0, 0.1) is 24.4 Å². The molecule has 1 aromatic carbocycles. The van der Waals surface area contributed by atoms with Gasteiger partial charge in [-0.1, -0.05) is 0 Å². The van der Waals surface area contributed by atoms with Gasteiger partial charge in [0.05, 0.1) is 5.69 Å². The fourth-order valence-corrected chi connectivity index (χ4v) is 1.43. The number of nitrogens with one attached hydrogen (secondary N) is 1. The molecular weight excluding hydrogens is 233 g/mol. The maximum absolute atomic E-state index is 13.0. The third kappa shape index (κ3) is 2.20. The predicted octanol–water partition coefficient (Wildman–Crippen LogP) is 2.16. The minimum atomic E-state index is -1.55. The highest BCUT2D eigenvalue weighted by molar-refractivity contribution is 5.59. The fourth-order valence-electron chi connectivity index (χ4n) is 1.43. The second-order valence-corrected chi connectivity index (χ2v) is 3.51. The molecule has 2 aromatic rings. The van der Waals surface area contributed by atoms with Crippen LogP contribution in [-0.4, -0.2) is 9.97 Å². The molecule has 0 spiro atoms. The molecule has 0 unspecified atom stereocenters. The first-order chi connectivity index (χ1) is 7.97. The van der Waals surface area contributed by atoms with Gasteiger partial charge in [0.15, 0.2) is 17.5 Å². The zero-order valence-electron chi connectivity index (χ0n) is 8.72. The van der Waals surface area contributed by atoms with Crippen LogP contribution in [0.25, 0.3) is 11.3 Å². The molecule has 17 heavy (non-hydrogen) atoms. The number of rotatable bonds is 1. The minimum absolute atomic E-state index is 0.00981. The van der Waals surface area contributed by atoms with Crippen LogP contribution < -0.4 is 5.69 Å². The zero-order valence-corrected chi connectivity index (χ0v) is 8.72. The number of halogens is 3. The van der Waals surface area contributed by atoms with Crippen molar-refractivity contribution in [1.29, 1.82) is 0 Å². The maximum atomic E-state index is 13.0. The van der Waals surface area contributed by atoms with Crippen molar-refractivity contribution in [2.45, 2.75) is 6.92 Å². The molecule has 1 N–H and O–H groups in total. The van der Waals surface area contributed by atoms with E-state index >= 15 is 0 Å². The molecule has 0 aliphatic carbocycles. The van der Waals surface area contributed by atoms with Gasteiger partial charge in [0.1, 0.15) is 0 Å². The number of aromatic nitrogens is 2. The van der Waals surface area contributed by atoms with Gasteiger partial charge >= 0.3 is 5.69 Å². The predicted molar refractivity (Wildman–Crippen MR) is 54.9 cm³/mol. The Morgan fingerprint density at radius 3 is 2.24 bits per heavy atom. The van der Waals surface area contributed by atoms with Crippen molar-refractivity contribution in [3.63, 3.8) is 0 Å². The highest BCUT2D eigenvalue weighted by Gasteiger charge is 2.12. The molecule has 3 nitrogen and oxygen atoms in total. The molecular formula is C11H7F3N2O. The fraction of sp³-hybridized carbons (Fsp3) is 0.0909. The molecule has 6 heteroatoms. The van der Waals surface area contributed by atoms with E-state index in [4.69, 9.17) is 0 Å². The highest BCUT2D eigenvalue weighted by atomic mass is 19.2. The van der Waals surface area contributed by atoms with Gasteiger partial charge in [-0.2, -0.15) is 4.98 Å².